The number of carbonyl (C=O) groups excluding carboxylic acids is 1. The van der Waals surface area contributed by atoms with Crippen molar-refractivity contribution in [2.75, 3.05) is 6.54 Å². The smallest absolute Gasteiger partial charge is 0.255 e. The van der Waals surface area contributed by atoms with Crippen molar-refractivity contribution < 1.29 is 15.0 Å². The van der Waals surface area contributed by atoms with Crippen molar-refractivity contribution in [1.82, 2.24) is 5.32 Å². The zero-order valence-electron chi connectivity index (χ0n) is 11.1. The largest absolute Gasteiger partial charge is 0.506 e. The zero-order valence-corrected chi connectivity index (χ0v) is 11.1. The number of aromatic hydroxyl groups is 1. The van der Waals surface area contributed by atoms with E-state index in [1.165, 1.54) is 0 Å². The average Bonchev–Trinajstić information content (AvgIpc) is 2.43. The van der Waals surface area contributed by atoms with E-state index in [9.17, 15) is 15.0 Å². The quantitative estimate of drug-likeness (QED) is 0.801. The Hall–Kier alpha value is -2.07. The predicted molar refractivity (Wildman–Crippen MR) is 76.7 cm³/mol. The first-order chi connectivity index (χ1) is 9.59. The second kappa shape index (κ2) is 4.80. The number of fused-ring (bicyclic) bond motifs is 1. The van der Waals surface area contributed by atoms with Crippen LogP contribution in [-0.4, -0.2) is 28.3 Å². The van der Waals surface area contributed by atoms with Gasteiger partial charge in [0.1, 0.15) is 5.75 Å². The van der Waals surface area contributed by atoms with Crippen molar-refractivity contribution in [2.45, 2.75) is 24.9 Å². The van der Waals surface area contributed by atoms with E-state index in [1.54, 1.807) is 12.1 Å². The van der Waals surface area contributed by atoms with Crippen molar-refractivity contribution in [2.24, 2.45) is 0 Å². The van der Waals surface area contributed by atoms with Crippen LogP contribution in [-0.2, 0) is 0 Å². The molecule has 0 saturated heterocycles. The first-order valence-corrected chi connectivity index (χ1v) is 6.80. The molecule has 3 rings (SSSR count). The van der Waals surface area contributed by atoms with Gasteiger partial charge in [0.15, 0.2) is 0 Å². The van der Waals surface area contributed by atoms with Crippen molar-refractivity contribution in [3.05, 3.63) is 42.0 Å². The summed E-state index contributed by atoms with van der Waals surface area (Å²) in [6.07, 6.45) is 2.43. The van der Waals surface area contributed by atoms with Gasteiger partial charge in [-0.1, -0.05) is 30.3 Å². The number of phenols is 1. The number of nitrogens with one attached hydrogen (secondary N) is 1. The summed E-state index contributed by atoms with van der Waals surface area (Å²) in [5, 5.41) is 24.4. The molecule has 1 aliphatic carbocycles. The fourth-order valence-electron chi connectivity index (χ4n) is 2.54. The lowest BCUT2D eigenvalue weighted by Gasteiger charge is -2.36. The van der Waals surface area contributed by atoms with E-state index < -0.39 is 5.60 Å². The van der Waals surface area contributed by atoms with Crippen LogP contribution < -0.4 is 5.32 Å². The van der Waals surface area contributed by atoms with Gasteiger partial charge < -0.3 is 15.5 Å². The third-order valence-corrected chi connectivity index (χ3v) is 4.01. The molecule has 0 aliphatic heterocycles. The molecule has 0 unspecified atom stereocenters. The molecule has 1 fully saturated rings. The molecule has 2 aromatic carbocycles. The fraction of sp³-hybridized carbons (Fsp3) is 0.312. The monoisotopic (exact) mass is 271 g/mol. The molecule has 4 heteroatoms. The molecule has 0 atom stereocenters. The lowest BCUT2D eigenvalue weighted by atomic mass is 9.80. The molecule has 0 radical (unpaired) electrons. The predicted octanol–water partition coefficient (Wildman–Crippen LogP) is 2.19. The van der Waals surface area contributed by atoms with Crippen LogP contribution in [0.3, 0.4) is 0 Å². The Balaban J connectivity index is 1.82. The molecule has 4 nitrogen and oxygen atoms in total. The number of carbonyl (C=O) groups is 1. The lowest BCUT2D eigenvalue weighted by molar-refractivity contribution is -0.0300. The van der Waals surface area contributed by atoms with E-state index in [1.807, 2.05) is 24.3 Å². The van der Waals surface area contributed by atoms with Crippen molar-refractivity contribution in [1.29, 1.82) is 0 Å². The lowest BCUT2D eigenvalue weighted by Crippen LogP contribution is -2.47. The molecule has 1 amide bonds. The van der Waals surface area contributed by atoms with E-state index in [0.717, 1.165) is 24.6 Å². The van der Waals surface area contributed by atoms with Gasteiger partial charge in [-0.05, 0) is 30.7 Å². The Morgan fingerprint density at radius 1 is 1.20 bits per heavy atom. The first kappa shape index (κ1) is 12.9. The number of aliphatic hydroxyl groups is 1. The molecular weight excluding hydrogens is 254 g/mol. The number of hydrogen-bond donors (Lipinski definition) is 3. The molecule has 3 N–H and O–H groups in total. The van der Waals surface area contributed by atoms with Crippen LogP contribution in [0.1, 0.15) is 29.6 Å². The summed E-state index contributed by atoms with van der Waals surface area (Å²) in [5.74, 6) is -0.366. The van der Waals surface area contributed by atoms with Gasteiger partial charge >= 0.3 is 0 Å². The van der Waals surface area contributed by atoms with Gasteiger partial charge in [0, 0.05) is 11.9 Å². The minimum absolute atomic E-state index is 0.0128. The topological polar surface area (TPSA) is 69.6 Å². The van der Waals surface area contributed by atoms with Crippen LogP contribution in [0.4, 0.5) is 0 Å². The molecule has 20 heavy (non-hydrogen) atoms. The van der Waals surface area contributed by atoms with Gasteiger partial charge in [-0.15, -0.1) is 0 Å². The Morgan fingerprint density at radius 2 is 1.95 bits per heavy atom. The number of hydrogen-bond acceptors (Lipinski definition) is 3. The summed E-state index contributed by atoms with van der Waals surface area (Å²) in [4.78, 5) is 12.1. The average molecular weight is 271 g/mol. The molecule has 2 aromatic rings. The normalized spacial score (nSPS) is 16.6. The molecule has 0 heterocycles. The standard InChI is InChI=1S/C16H17NO3/c18-14-12-5-2-1-4-11(12)6-7-13(14)15(19)17-10-16(20)8-3-9-16/h1-2,4-7,18,20H,3,8-10H2,(H,17,19). The second-order valence-electron chi connectivity index (χ2n) is 5.44. The van der Waals surface area contributed by atoms with E-state index >= 15 is 0 Å². The van der Waals surface area contributed by atoms with Crippen LogP contribution in [0.25, 0.3) is 10.8 Å². The minimum atomic E-state index is -0.762. The molecule has 1 aliphatic rings. The van der Waals surface area contributed by atoms with Crippen molar-refractivity contribution >= 4 is 16.7 Å². The molecular formula is C16H17NO3. The summed E-state index contributed by atoms with van der Waals surface area (Å²) >= 11 is 0. The van der Waals surface area contributed by atoms with Gasteiger partial charge in [-0.2, -0.15) is 0 Å². The third-order valence-electron chi connectivity index (χ3n) is 4.01. The van der Waals surface area contributed by atoms with Crippen LogP contribution in [0.15, 0.2) is 36.4 Å². The van der Waals surface area contributed by atoms with Crippen LogP contribution in [0, 0.1) is 0 Å². The Morgan fingerprint density at radius 3 is 2.65 bits per heavy atom. The highest BCUT2D eigenvalue weighted by Gasteiger charge is 2.34. The number of benzene rings is 2. The highest BCUT2D eigenvalue weighted by atomic mass is 16.3. The number of rotatable bonds is 3. The summed E-state index contributed by atoms with van der Waals surface area (Å²) in [6.45, 7) is 0.234. The molecule has 104 valence electrons. The minimum Gasteiger partial charge on any atom is -0.506 e. The fourth-order valence-corrected chi connectivity index (χ4v) is 2.54. The maximum Gasteiger partial charge on any atom is 0.255 e. The van der Waals surface area contributed by atoms with Crippen molar-refractivity contribution in [3.8, 4) is 5.75 Å². The molecule has 0 aromatic heterocycles. The van der Waals surface area contributed by atoms with Gasteiger partial charge in [0.05, 0.1) is 11.2 Å². The van der Waals surface area contributed by atoms with E-state index in [0.29, 0.717) is 5.39 Å². The van der Waals surface area contributed by atoms with E-state index in [-0.39, 0.29) is 23.8 Å². The zero-order chi connectivity index (χ0) is 14.2. The Labute approximate surface area is 117 Å². The van der Waals surface area contributed by atoms with Crippen molar-refractivity contribution in [3.63, 3.8) is 0 Å². The summed E-state index contributed by atoms with van der Waals surface area (Å²) in [6, 6.07) is 10.8. The highest BCUT2D eigenvalue weighted by molar-refractivity contribution is 6.03. The van der Waals surface area contributed by atoms with Gasteiger partial charge in [0.2, 0.25) is 0 Å². The number of amides is 1. The van der Waals surface area contributed by atoms with Gasteiger partial charge in [-0.3, -0.25) is 4.79 Å². The summed E-state index contributed by atoms with van der Waals surface area (Å²) in [7, 11) is 0. The Bertz CT molecular complexity index is 662. The first-order valence-electron chi connectivity index (χ1n) is 6.80. The van der Waals surface area contributed by atoms with Gasteiger partial charge in [0.25, 0.3) is 5.91 Å². The van der Waals surface area contributed by atoms with E-state index in [4.69, 9.17) is 0 Å². The summed E-state index contributed by atoms with van der Waals surface area (Å²) in [5.41, 5.74) is -0.520. The SMILES string of the molecule is O=C(NCC1(O)CCC1)c1ccc2ccccc2c1O. The summed E-state index contributed by atoms with van der Waals surface area (Å²) < 4.78 is 0. The van der Waals surface area contributed by atoms with Crippen LogP contribution >= 0.6 is 0 Å². The van der Waals surface area contributed by atoms with E-state index in [2.05, 4.69) is 5.32 Å². The molecule has 1 saturated carbocycles. The Kier molecular flexibility index (Phi) is 3.10. The highest BCUT2D eigenvalue weighted by Crippen LogP contribution is 2.31. The van der Waals surface area contributed by atoms with Gasteiger partial charge in [-0.25, -0.2) is 0 Å². The number of phenolic OH excluding ortho intramolecular Hbond substituents is 1. The molecule has 0 spiro atoms. The maximum atomic E-state index is 12.1. The third kappa shape index (κ3) is 2.23. The molecule has 0 bridgehead atoms. The van der Waals surface area contributed by atoms with Crippen LogP contribution in [0.5, 0.6) is 5.75 Å². The van der Waals surface area contributed by atoms with Crippen LogP contribution in [0.2, 0.25) is 0 Å². The second-order valence-corrected chi connectivity index (χ2v) is 5.44. The maximum absolute atomic E-state index is 12.1.